The number of carboxylic acids is 1. The Bertz CT molecular complexity index is 809. The number of aliphatic hydroxyl groups is 1. The van der Waals surface area contributed by atoms with Crippen LogP contribution < -0.4 is 0 Å². The molecule has 3 aliphatic heterocycles. The van der Waals surface area contributed by atoms with Gasteiger partial charge in [0.05, 0.1) is 29.2 Å². The first-order valence-corrected chi connectivity index (χ1v) is 12.3. The maximum absolute atomic E-state index is 14.2. The number of rotatable bonds is 8. The molecule has 2 amide bonds. The van der Waals surface area contributed by atoms with Crippen molar-refractivity contribution in [1.29, 1.82) is 0 Å². The second-order valence-electron chi connectivity index (χ2n) is 11.2. The van der Waals surface area contributed by atoms with Crippen LogP contribution in [0.15, 0.2) is 12.7 Å². The third-order valence-electron chi connectivity index (χ3n) is 7.45. The highest BCUT2D eigenvalue weighted by Gasteiger charge is 2.78. The molecule has 7 nitrogen and oxygen atoms in total. The summed E-state index contributed by atoms with van der Waals surface area (Å²) in [7, 11) is 0. The van der Waals surface area contributed by atoms with Gasteiger partial charge in [0.15, 0.2) is 0 Å². The van der Waals surface area contributed by atoms with E-state index >= 15 is 0 Å². The molecule has 0 aromatic carbocycles. The predicted octanol–water partition coefficient (Wildman–Crippen LogP) is 2.77. The number of nitrogens with zero attached hydrogens (tertiary/aromatic N) is 2. The van der Waals surface area contributed by atoms with Gasteiger partial charge in [-0.3, -0.25) is 14.4 Å². The smallest absolute Gasteiger partial charge is 0.308 e. The van der Waals surface area contributed by atoms with Crippen molar-refractivity contribution in [2.45, 2.75) is 87.9 Å². The van der Waals surface area contributed by atoms with E-state index in [1.807, 2.05) is 41.5 Å². The summed E-state index contributed by atoms with van der Waals surface area (Å²) in [6.07, 6.45) is 3.50. The maximum Gasteiger partial charge on any atom is 0.308 e. The van der Waals surface area contributed by atoms with Crippen LogP contribution in [0.5, 0.6) is 0 Å². The molecule has 0 aromatic heterocycles. The second kappa shape index (κ2) is 8.35. The molecule has 2 bridgehead atoms. The largest absolute Gasteiger partial charge is 0.481 e. The van der Waals surface area contributed by atoms with Crippen molar-refractivity contribution in [3.63, 3.8) is 0 Å². The fraction of sp³-hybridized carbons (Fsp3) is 0.792. The van der Waals surface area contributed by atoms with Crippen LogP contribution in [0.3, 0.4) is 0 Å². The van der Waals surface area contributed by atoms with Gasteiger partial charge >= 0.3 is 5.97 Å². The topological polar surface area (TPSA) is 98.2 Å². The van der Waals surface area contributed by atoms with Crippen LogP contribution in [-0.4, -0.2) is 78.1 Å². The number of carbonyl (C=O) groups excluding carboxylic acids is 2. The van der Waals surface area contributed by atoms with Crippen molar-refractivity contribution in [2.24, 2.45) is 17.8 Å². The SMILES string of the molecule is C=CCN(C(=O)C1N([C@@H](CO)CC(C)C)C(=O)[C@@H]2[C@@H](C(=O)O)[C@@]3(C)CCC12S3)C(C)(C)C. The summed E-state index contributed by atoms with van der Waals surface area (Å²) in [5.41, 5.74) is -0.501. The molecule has 3 fully saturated rings. The van der Waals surface area contributed by atoms with E-state index in [9.17, 15) is 24.6 Å². The molecule has 0 aromatic rings. The Balaban J connectivity index is 2.17. The van der Waals surface area contributed by atoms with E-state index in [0.717, 1.165) is 0 Å². The van der Waals surface area contributed by atoms with Crippen molar-refractivity contribution >= 4 is 29.5 Å². The van der Waals surface area contributed by atoms with E-state index in [2.05, 4.69) is 6.58 Å². The number of aliphatic carboxylic acids is 1. The number of fused-ring (bicyclic) bond motifs is 1. The Kier molecular flexibility index (Phi) is 6.55. The number of aliphatic hydroxyl groups excluding tert-OH is 1. The van der Waals surface area contributed by atoms with Gasteiger partial charge in [0, 0.05) is 16.8 Å². The first-order chi connectivity index (χ1) is 14.7. The highest BCUT2D eigenvalue weighted by Crippen LogP contribution is 2.71. The van der Waals surface area contributed by atoms with E-state index in [0.29, 0.717) is 25.8 Å². The number of carbonyl (C=O) groups is 3. The summed E-state index contributed by atoms with van der Waals surface area (Å²) in [6, 6.07) is -1.32. The van der Waals surface area contributed by atoms with Crippen LogP contribution in [0, 0.1) is 17.8 Å². The number of likely N-dealkylation sites (tertiary alicyclic amines) is 1. The van der Waals surface area contributed by atoms with Crippen LogP contribution in [-0.2, 0) is 14.4 Å². The molecule has 2 unspecified atom stereocenters. The Morgan fingerprint density at radius 3 is 2.44 bits per heavy atom. The van der Waals surface area contributed by atoms with Gasteiger partial charge in [-0.05, 0) is 52.9 Å². The van der Waals surface area contributed by atoms with Crippen molar-refractivity contribution in [3.8, 4) is 0 Å². The number of hydrogen-bond donors (Lipinski definition) is 2. The van der Waals surface area contributed by atoms with Gasteiger partial charge in [-0.2, -0.15) is 0 Å². The zero-order chi connectivity index (χ0) is 24.2. The lowest BCUT2D eigenvalue weighted by atomic mass is 9.66. The molecule has 0 saturated carbocycles. The van der Waals surface area contributed by atoms with Gasteiger partial charge in [0.1, 0.15) is 6.04 Å². The third-order valence-corrected chi connectivity index (χ3v) is 9.44. The van der Waals surface area contributed by atoms with Crippen molar-refractivity contribution in [3.05, 3.63) is 12.7 Å². The summed E-state index contributed by atoms with van der Waals surface area (Å²) in [6.45, 7) is 15.7. The fourth-order valence-electron chi connectivity index (χ4n) is 6.20. The van der Waals surface area contributed by atoms with Crippen LogP contribution in [0.25, 0.3) is 0 Å². The van der Waals surface area contributed by atoms with Crippen molar-refractivity contribution < 1.29 is 24.6 Å². The van der Waals surface area contributed by atoms with E-state index in [1.54, 1.807) is 15.9 Å². The zero-order valence-corrected chi connectivity index (χ0v) is 20.9. The summed E-state index contributed by atoms with van der Waals surface area (Å²) < 4.78 is -1.37. The van der Waals surface area contributed by atoms with Gasteiger partial charge in [0.25, 0.3) is 0 Å². The highest BCUT2D eigenvalue weighted by atomic mass is 32.2. The molecule has 6 atom stereocenters. The van der Waals surface area contributed by atoms with Crippen LogP contribution >= 0.6 is 11.8 Å². The summed E-state index contributed by atoms with van der Waals surface area (Å²) in [5, 5.41) is 20.3. The van der Waals surface area contributed by atoms with Crippen molar-refractivity contribution in [2.75, 3.05) is 13.2 Å². The second-order valence-corrected chi connectivity index (χ2v) is 13.1. The monoisotopic (exact) mass is 466 g/mol. The predicted molar refractivity (Wildman–Crippen MR) is 125 cm³/mol. The van der Waals surface area contributed by atoms with Crippen molar-refractivity contribution in [1.82, 2.24) is 9.80 Å². The third kappa shape index (κ3) is 3.67. The minimum Gasteiger partial charge on any atom is -0.481 e. The molecule has 8 heteroatoms. The number of hydrogen-bond acceptors (Lipinski definition) is 5. The minimum atomic E-state index is -0.976. The molecule has 3 heterocycles. The van der Waals surface area contributed by atoms with Crippen LogP contribution in [0.2, 0.25) is 0 Å². The molecular formula is C24H38N2O5S. The Morgan fingerprint density at radius 2 is 1.97 bits per heavy atom. The standard InChI is InChI=1S/C24H38N2O5S/c1-8-11-25(22(4,5)6)20(29)18-24-10-9-23(7,32-24)17(21(30)31)16(24)19(28)26(18)15(13-27)12-14(2)3/h8,14-18,27H,1,9-13H2,2-7H3,(H,30,31)/t15-,16+,17+,18?,23-,24?/m1/s1. The molecule has 3 saturated heterocycles. The van der Waals surface area contributed by atoms with E-state index < -0.39 is 44.9 Å². The first-order valence-electron chi connectivity index (χ1n) is 11.5. The molecule has 3 rings (SSSR count). The zero-order valence-electron chi connectivity index (χ0n) is 20.1. The van der Waals surface area contributed by atoms with E-state index in [1.165, 1.54) is 11.8 Å². The van der Waals surface area contributed by atoms with Crippen LogP contribution in [0.1, 0.15) is 60.8 Å². The average Bonchev–Trinajstić information content (AvgIpc) is 3.23. The number of carboxylic acid groups (broad SMARTS) is 1. The van der Waals surface area contributed by atoms with Gasteiger partial charge in [-0.1, -0.05) is 19.9 Å². The molecule has 3 aliphatic rings. The Hall–Kier alpha value is -1.54. The lowest BCUT2D eigenvalue weighted by Gasteiger charge is -2.43. The normalized spacial score (nSPS) is 34.7. The van der Waals surface area contributed by atoms with Crippen LogP contribution in [0.4, 0.5) is 0 Å². The number of amides is 2. The fourth-order valence-corrected chi connectivity index (χ4v) is 8.53. The van der Waals surface area contributed by atoms with Gasteiger partial charge < -0.3 is 20.0 Å². The minimum absolute atomic E-state index is 0.182. The molecule has 2 N–H and O–H groups in total. The molecule has 1 spiro atoms. The van der Waals surface area contributed by atoms with Gasteiger partial charge in [0.2, 0.25) is 11.8 Å². The highest BCUT2D eigenvalue weighted by molar-refractivity contribution is 8.02. The maximum atomic E-state index is 14.2. The molecule has 180 valence electrons. The Morgan fingerprint density at radius 1 is 1.34 bits per heavy atom. The lowest BCUT2D eigenvalue weighted by Crippen LogP contribution is -2.60. The average molecular weight is 467 g/mol. The summed E-state index contributed by atoms with van der Waals surface area (Å²) in [4.78, 5) is 43.7. The van der Waals surface area contributed by atoms with Gasteiger partial charge in [-0.15, -0.1) is 18.3 Å². The summed E-state index contributed by atoms with van der Waals surface area (Å²) in [5.74, 6) is -2.84. The summed E-state index contributed by atoms with van der Waals surface area (Å²) >= 11 is 1.53. The van der Waals surface area contributed by atoms with E-state index in [-0.39, 0.29) is 24.3 Å². The Labute approximate surface area is 195 Å². The first kappa shape index (κ1) is 25.1. The molecular weight excluding hydrogens is 428 g/mol. The molecule has 0 aliphatic carbocycles. The van der Waals surface area contributed by atoms with Gasteiger partial charge in [-0.25, -0.2) is 0 Å². The molecule has 32 heavy (non-hydrogen) atoms. The lowest BCUT2D eigenvalue weighted by molar-refractivity contribution is -0.151. The molecule has 0 radical (unpaired) electrons. The van der Waals surface area contributed by atoms with E-state index in [4.69, 9.17) is 0 Å². The number of thioether (sulfide) groups is 1. The quantitative estimate of drug-likeness (QED) is 0.534.